The minimum Gasteiger partial charge on any atom is -0.0616 e. The molecule has 238 valence electrons. The smallest absolute Gasteiger partial charge is 0.00203 e. The van der Waals surface area contributed by atoms with Crippen molar-refractivity contribution in [1.82, 2.24) is 0 Å². The minimum atomic E-state index is 1.27. The first-order valence-corrected chi connectivity index (χ1v) is 18.2. The van der Waals surface area contributed by atoms with Crippen LogP contribution < -0.4 is 0 Å². The van der Waals surface area contributed by atoms with Crippen LogP contribution in [0.5, 0.6) is 0 Å². The Morgan fingerprint density at radius 3 is 0.942 bits per heavy atom. The van der Waals surface area contributed by atoms with E-state index in [1.165, 1.54) is 119 Å². The van der Waals surface area contributed by atoms with E-state index in [4.69, 9.17) is 0 Å². The highest BCUT2D eigenvalue weighted by Crippen LogP contribution is 2.47. The molecule has 0 N–H and O–H groups in total. The number of hydrogen-bond donors (Lipinski definition) is 0. The van der Waals surface area contributed by atoms with Crippen LogP contribution in [-0.2, 0) is 0 Å². The van der Waals surface area contributed by atoms with Crippen molar-refractivity contribution in [1.29, 1.82) is 0 Å². The van der Waals surface area contributed by atoms with E-state index in [1.54, 1.807) is 0 Å². The van der Waals surface area contributed by atoms with Gasteiger partial charge in [-0.05, 0) is 156 Å². The highest BCUT2D eigenvalue weighted by atomic mass is 14.2. The zero-order valence-corrected chi connectivity index (χ0v) is 28.3. The molecule has 0 atom stereocenters. The Morgan fingerprint density at radius 1 is 0.173 bits per heavy atom. The molecule has 0 aliphatic carbocycles. The summed E-state index contributed by atoms with van der Waals surface area (Å²) in [5.41, 5.74) is 5.12. The highest BCUT2D eigenvalue weighted by Gasteiger charge is 2.19. The maximum atomic E-state index is 2.41. The maximum Gasteiger partial charge on any atom is -0.00203 e. The van der Waals surface area contributed by atoms with E-state index in [-0.39, 0.29) is 0 Å². The molecule has 0 aromatic heterocycles. The molecule has 12 aromatic carbocycles. The van der Waals surface area contributed by atoms with Crippen LogP contribution in [-0.4, -0.2) is 0 Å². The fraction of sp³-hybridized carbons (Fsp3) is 0. The number of fused-ring (bicyclic) bond motifs is 8. The van der Waals surface area contributed by atoms with Crippen LogP contribution in [0.1, 0.15) is 0 Å². The summed E-state index contributed by atoms with van der Waals surface area (Å²) in [5.74, 6) is 0. The van der Waals surface area contributed by atoms with E-state index in [2.05, 4.69) is 182 Å². The maximum absolute atomic E-state index is 2.41. The third-order valence-electron chi connectivity index (χ3n) is 11.7. The van der Waals surface area contributed by atoms with Crippen molar-refractivity contribution in [2.75, 3.05) is 0 Å². The monoisotopic (exact) mass is 654 g/mol. The summed E-state index contributed by atoms with van der Waals surface area (Å²) < 4.78 is 0. The molecule has 0 aliphatic rings. The Labute approximate surface area is 300 Å². The van der Waals surface area contributed by atoms with Gasteiger partial charge in [0.15, 0.2) is 0 Å². The van der Waals surface area contributed by atoms with Gasteiger partial charge in [0.05, 0.1) is 0 Å². The summed E-state index contributed by atoms with van der Waals surface area (Å²) in [6.07, 6.45) is 0. The summed E-state index contributed by atoms with van der Waals surface area (Å²) in [4.78, 5) is 0. The minimum absolute atomic E-state index is 1.27. The van der Waals surface area contributed by atoms with Crippen molar-refractivity contribution >= 4 is 97.0 Å². The first-order valence-electron chi connectivity index (χ1n) is 18.2. The van der Waals surface area contributed by atoms with E-state index in [9.17, 15) is 0 Å². The summed E-state index contributed by atoms with van der Waals surface area (Å²) >= 11 is 0. The molecule has 0 bridgehead atoms. The van der Waals surface area contributed by atoms with Gasteiger partial charge < -0.3 is 0 Å². The zero-order chi connectivity index (χ0) is 33.9. The zero-order valence-electron chi connectivity index (χ0n) is 28.3. The first-order chi connectivity index (χ1) is 25.8. The van der Waals surface area contributed by atoms with Gasteiger partial charge in [-0.1, -0.05) is 146 Å². The molecule has 52 heavy (non-hydrogen) atoms. The van der Waals surface area contributed by atoms with Gasteiger partial charge in [0.2, 0.25) is 0 Å². The van der Waals surface area contributed by atoms with Gasteiger partial charge >= 0.3 is 0 Å². The Kier molecular flexibility index (Phi) is 5.59. The normalized spacial score (nSPS) is 12.2. The van der Waals surface area contributed by atoms with Gasteiger partial charge in [0.1, 0.15) is 0 Å². The summed E-state index contributed by atoms with van der Waals surface area (Å²) in [5, 5.41) is 23.2. The first kappa shape index (κ1) is 28.0. The molecule has 12 rings (SSSR count). The molecular formula is C52H30. The molecule has 0 amide bonds. The van der Waals surface area contributed by atoms with Crippen LogP contribution in [0.25, 0.3) is 119 Å². The van der Waals surface area contributed by atoms with Gasteiger partial charge in [-0.2, -0.15) is 0 Å². The number of rotatable bonds is 2. The van der Waals surface area contributed by atoms with E-state index in [0.717, 1.165) is 0 Å². The Bertz CT molecular complexity index is 3220. The van der Waals surface area contributed by atoms with E-state index in [0.29, 0.717) is 0 Å². The molecule has 0 unspecified atom stereocenters. The average molecular weight is 655 g/mol. The molecule has 0 aliphatic heterocycles. The van der Waals surface area contributed by atoms with Crippen LogP contribution in [0.15, 0.2) is 182 Å². The van der Waals surface area contributed by atoms with Crippen molar-refractivity contribution in [3.63, 3.8) is 0 Å². The van der Waals surface area contributed by atoms with Crippen LogP contribution in [0.4, 0.5) is 0 Å². The topological polar surface area (TPSA) is 0 Å². The predicted molar refractivity (Wildman–Crippen MR) is 226 cm³/mol. The van der Waals surface area contributed by atoms with Crippen molar-refractivity contribution in [3.8, 4) is 22.3 Å². The fourth-order valence-corrected chi connectivity index (χ4v) is 9.29. The molecule has 0 spiro atoms. The quantitative estimate of drug-likeness (QED) is 0.129. The lowest BCUT2D eigenvalue weighted by Crippen LogP contribution is -1.92. The molecule has 0 saturated heterocycles. The Morgan fingerprint density at radius 2 is 0.519 bits per heavy atom. The lowest BCUT2D eigenvalue weighted by atomic mass is 9.84. The van der Waals surface area contributed by atoms with E-state index < -0.39 is 0 Å². The lowest BCUT2D eigenvalue weighted by molar-refractivity contribution is 1.71. The molecule has 0 heterocycles. The van der Waals surface area contributed by atoms with Crippen molar-refractivity contribution in [2.24, 2.45) is 0 Å². The van der Waals surface area contributed by atoms with Crippen molar-refractivity contribution in [2.45, 2.75) is 0 Å². The second-order valence-corrected chi connectivity index (χ2v) is 14.4. The van der Waals surface area contributed by atoms with Crippen LogP contribution in [0, 0.1) is 0 Å². The lowest BCUT2D eigenvalue weighted by Gasteiger charge is -2.19. The molecular weight excluding hydrogens is 625 g/mol. The second-order valence-electron chi connectivity index (χ2n) is 14.4. The molecule has 0 heteroatoms. The number of benzene rings is 12. The SMILES string of the molecule is c1ccc2cc3c(cc2c1)c(-c1ccc2ccc4c(-c5cc6ccccc6c6cc7ccccc7cc56)ccc5ccc1c2c54)cc1ccccc13. The van der Waals surface area contributed by atoms with Gasteiger partial charge in [0.25, 0.3) is 0 Å². The van der Waals surface area contributed by atoms with Crippen LogP contribution in [0.3, 0.4) is 0 Å². The molecule has 0 radical (unpaired) electrons. The third-order valence-corrected chi connectivity index (χ3v) is 11.7. The standard InChI is InChI=1S/C52H30/c1-3-11-35-27-49-45(25-33(35)9-1)39-15-7-5-13-37(39)29-47(49)41-21-17-31-20-24-44-42(22-18-32-19-23-43(41)51(31)52(32)44)48-30-38-14-6-8-16-40(38)46-26-34-10-2-4-12-36(34)28-50(46)48/h1-30H. The van der Waals surface area contributed by atoms with Gasteiger partial charge in [-0.25, -0.2) is 0 Å². The third kappa shape index (κ3) is 3.87. The molecule has 0 saturated carbocycles. The number of hydrogen-bond acceptors (Lipinski definition) is 0. The van der Waals surface area contributed by atoms with Crippen LogP contribution >= 0.6 is 0 Å². The molecule has 0 fully saturated rings. The Hall–Kier alpha value is -6.76. The van der Waals surface area contributed by atoms with Gasteiger partial charge in [0, 0.05) is 0 Å². The summed E-state index contributed by atoms with van der Waals surface area (Å²) in [6, 6.07) is 68.3. The van der Waals surface area contributed by atoms with E-state index >= 15 is 0 Å². The largest absolute Gasteiger partial charge is 0.0616 e. The van der Waals surface area contributed by atoms with Crippen molar-refractivity contribution < 1.29 is 0 Å². The Balaban J connectivity index is 1.18. The summed E-state index contributed by atoms with van der Waals surface area (Å²) in [7, 11) is 0. The summed E-state index contributed by atoms with van der Waals surface area (Å²) in [6.45, 7) is 0. The molecule has 12 aromatic rings. The predicted octanol–water partition coefficient (Wildman–Crippen LogP) is 14.8. The highest BCUT2D eigenvalue weighted by molar-refractivity contribution is 6.30. The average Bonchev–Trinajstić information content (AvgIpc) is 3.21. The van der Waals surface area contributed by atoms with Gasteiger partial charge in [-0.3, -0.25) is 0 Å². The second kappa shape index (κ2) is 10.4. The van der Waals surface area contributed by atoms with E-state index in [1.807, 2.05) is 0 Å². The van der Waals surface area contributed by atoms with Crippen molar-refractivity contribution in [3.05, 3.63) is 182 Å². The van der Waals surface area contributed by atoms with Gasteiger partial charge in [-0.15, -0.1) is 0 Å². The van der Waals surface area contributed by atoms with Crippen LogP contribution in [0.2, 0.25) is 0 Å². The molecule has 0 nitrogen and oxygen atoms in total. The fourth-order valence-electron chi connectivity index (χ4n) is 9.29.